The van der Waals surface area contributed by atoms with E-state index < -0.39 is 0 Å². The van der Waals surface area contributed by atoms with Crippen LogP contribution in [0.5, 0.6) is 11.5 Å². The number of piperidine rings is 1. The van der Waals surface area contributed by atoms with Crippen molar-refractivity contribution < 1.29 is 19.0 Å². The minimum Gasteiger partial charge on any atom is -0.486 e. The molecule has 0 radical (unpaired) electrons. The molecule has 0 saturated carbocycles. The molecule has 1 amide bonds. The fourth-order valence-electron chi connectivity index (χ4n) is 4.25. The molecular weight excluding hydrogens is 390 g/mol. The lowest BCUT2D eigenvalue weighted by Gasteiger charge is -2.40. The van der Waals surface area contributed by atoms with E-state index in [0.29, 0.717) is 30.9 Å². The van der Waals surface area contributed by atoms with Crippen molar-refractivity contribution in [3.8, 4) is 11.5 Å². The van der Waals surface area contributed by atoms with Gasteiger partial charge < -0.3 is 24.4 Å². The van der Waals surface area contributed by atoms with E-state index in [1.54, 1.807) is 0 Å². The van der Waals surface area contributed by atoms with E-state index in [4.69, 9.17) is 26.4 Å². The van der Waals surface area contributed by atoms with Gasteiger partial charge in [-0.15, -0.1) is 0 Å². The molecule has 0 aliphatic carbocycles. The van der Waals surface area contributed by atoms with E-state index in [-0.39, 0.29) is 18.2 Å². The van der Waals surface area contributed by atoms with E-state index in [1.807, 2.05) is 23.1 Å². The number of nitrogens with one attached hydrogen (secondary N) is 1. The number of fused-ring (bicyclic) bond motifs is 1. The zero-order valence-corrected chi connectivity index (χ0v) is 17.9. The van der Waals surface area contributed by atoms with Crippen LogP contribution in [-0.4, -0.2) is 66.0 Å². The Morgan fingerprint density at radius 1 is 1.21 bits per heavy atom. The summed E-state index contributed by atoms with van der Waals surface area (Å²) in [5, 5.41) is 4.00. The van der Waals surface area contributed by atoms with Crippen molar-refractivity contribution in [3.63, 3.8) is 0 Å². The lowest BCUT2D eigenvalue weighted by Crippen LogP contribution is -2.51. The molecule has 3 aliphatic heterocycles. The highest BCUT2D eigenvalue weighted by atomic mass is 32.1. The molecule has 0 unspecified atom stereocenters. The van der Waals surface area contributed by atoms with Gasteiger partial charge in [0.25, 0.3) is 0 Å². The second-order valence-corrected chi connectivity index (χ2v) is 8.33. The highest BCUT2D eigenvalue weighted by molar-refractivity contribution is 7.80. The molecule has 0 aromatic heterocycles. The van der Waals surface area contributed by atoms with Crippen LogP contribution in [0.15, 0.2) is 18.2 Å². The average molecular weight is 420 g/mol. The maximum absolute atomic E-state index is 12.3. The summed E-state index contributed by atoms with van der Waals surface area (Å²) in [6.45, 7) is 7.65. The van der Waals surface area contributed by atoms with Gasteiger partial charge in [0.15, 0.2) is 16.6 Å². The molecule has 158 valence electrons. The Bertz CT molecular complexity index is 766. The molecule has 4 rings (SSSR count). The van der Waals surface area contributed by atoms with Gasteiger partial charge in [-0.25, -0.2) is 4.79 Å². The fraction of sp³-hybridized carbons (Fsp3) is 0.619. The minimum atomic E-state index is -0.161. The number of likely N-dealkylation sites (tertiary alicyclic amines) is 1. The Balaban J connectivity index is 1.33. The van der Waals surface area contributed by atoms with Gasteiger partial charge in [-0.3, -0.25) is 4.90 Å². The predicted octanol–water partition coefficient (Wildman–Crippen LogP) is 3.49. The Hall–Kier alpha value is -2.22. The molecule has 0 spiro atoms. The summed E-state index contributed by atoms with van der Waals surface area (Å²) in [5.41, 5.74) is 0.890. The number of cyclic esters (lactones) is 1. The van der Waals surface area contributed by atoms with Gasteiger partial charge in [0.2, 0.25) is 0 Å². The third kappa shape index (κ3) is 4.22. The molecule has 0 bridgehead atoms. The molecule has 1 N–H and O–H groups in total. The number of hydrogen-bond donors (Lipinski definition) is 1. The monoisotopic (exact) mass is 419 g/mol. The van der Waals surface area contributed by atoms with Crippen molar-refractivity contribution in [2.75, 3.05) is 38.2 Å². The normalized spacial score (nSPS) is 23.0. The third-order valence-electron chi connectivity index (χ3n) is 6.19. The second-order valence-electron chi connectivity index (χ2n) is 7.94. The molecule has 2 fully saturated rings. The molecule has 1 aromatic rings. The molecule has 3 aliphatic rings. The van der Waals surface area contributed by atoms with E-state index >= 15 is 0 Å². The number of thiocarbonyl (C=S) groups is 1. The summed E-state index contributed by atoms with van der Waals surface area (Å²) in [5.74, 6) is 1.95. The molecular formula is C21H29N3O4S. The molecule has 7 nitrogen and oxygen atoms in total. The molecule has 1 aromatic carbocycles. The highest BCUT2D eigenvalue weighted by Crippen LogP contribution is 2.33. The van der Waals surface area contributed by atoms with Crippen LogP contribution in [-0.2, 0) is 4.74 Å². The summed E-state index contributed by atoms with van der Waals surface area (Å²) < 4.78 is 16.6. The first-order chi connectivity index (χ1) is 14.1. The minimum absolute atomic E-state index is 0.161. The fourth-order valence-corrected chi connectivity index (χ4v) is 4.55. The first-order valence-corrected chi connectivity index (χ1v) is 10.9. The van der Waals surface area contributed by atoms with Crippen molar-refractivity contribution in [2.24, 2.45) is 5.92 Å². The molecule has 8 heteroatoms. The zero-order valence-electron chi connectivity index (χ0n) is 17.1. The molecule has 2 atom stereocenters. The van der Waals surface area contributed by atoms with Crippen LogP contribution in [0.1, 0.15) is 33.1 Å². The summed E-state index contributed by atoms with van der Waals surface area (Å²) in [4.78, 5) is 16.5. The third-order valence-corrected chi connectivity index (χ3v) is 6.55. The lowest BCUT2D eigenvalue weighted by molar-refractivity contribution is 0.112. The summed E-state index contributed by atoms with van der Waals surface area (Å²) in [6, 6.07) is 6.18. The smallest absolute Gasteiger partial charge is 0.410 e. The van der Waals surface area contributed by atoms with Crippen LogP contribution in [0.4, 0.5) is 10.5 Å². The topological polar surface area (TPSA) is 63.3 Å². The Morgan fingerprint density at radius 2 is 1.93 bits per heavy atom. The number of hydrogen-bond acceptors (Lipinski definition) is 5. The van der Waals surface area contributed by atoms with Crippen molar-refractivity contribution in [1.29, 1.82) is 0 Å². The van der Waals surface area contributed by atoms with Crippen LogP contribution in [0, 0.1) is 5.92 Å². The van der Waals surface area contributed by atoms with Crippen molar-refractivity contribution >= 4 is 29.1 Å². The van der Waals surface area contributed by atoms with Gasteiger partial charge in [0, 0.05) is 30.9 Å². The van der Waals surface area contributed by atoms with Gasteiger partial charge in [-0.1, -0.05) is 20.3 Å². The average Bonchev–Trinajstić information content (AvgIpc) is 3.14. The number of carbonyl (C=O) groups is 1. The second kappa shape index (κ2) is 8.65. The maximum atomic E-state index is 12.3. The van der Waals surface area contributed by atoms with Crippen LogP contribution in [0.25, 0.3) is 0 Å². The molecule has 29 heavy (non-hydrogen) atoms. The van der Waals surface area contributed by atoms with Crippen LogP contribution in [0.3, 0.4) is 0 Å². The van der Waals surface area contributed by atoms with E-state index in [0.717, 1.165) is 49.5 Å². The number of rotatable bonds is 4. The van der Waals surface area contributed by atoms with Crippen molar-refractivity contribution in [2.45, 2.75) is 45.2 Å². The summed E-state index contributed by atoms with van der Waals surface area (Å²) >= 11 is 5.63. The zero-order chi connectivity index (χ0) is 20.4. The predicted molar refractivity (Wildman–Crippen MR) is 115 cm³/mol. The van der Waals surface area contributed by atoms with E-state index in [9.17, 15) is 4.79 Å². The number of nitrogens with zero attached hydrogens (tertiary/aromatic N) is 2. The van der Waals surface area contributed by atoms with Gasteiger partial charge >= 0.3 is 6.09 Å². The Kier molecular flexibility index (Phi) is 5.99. The van der Waals surface area contributed by atoms with E-state index in [2.05, 4.69) is 24.1 Å². The number of benzene rings is 1. The standard InChI is InChI=1S/C21H29N3O4S/c1-3-14(2)17-13-28-21(25)24(17)16-6-8-23(9-7-16)20(29)22-15-4-5-18-19(12-15)27-11-10-26-18/h4-5,12,14,16-17H,3,6-11,13H2,1-2H3,(H,22,29)/t14-,17+/m0/s1. The number of amides is 1. The van der Waals surface area contributed by atoms with Crippen molar-refractivity contribution in [3.05, 3.63) is 18.2 Å². The van der Waals surface area contributed by atoms with Crippen LogP contribution < -0.4 is 14.8 Å². The van der Waals surface area contributed by atoms with Gasteiger partial charge in [0.1, 0.15) is 19.8 Å². The van der Waals surface area contributed by atoms with Gasteiger partial charge in [0.05, 0.1) is 6.04 Å². The Labute approximate surface area is 177 Å². The molecule has 3 heterocycles. The van der Waals surface area contributed by atoms with Gasteiger partial charge in [-0.05, 0) is 43.1 Å². The first kappa shape index (κ1) is 20.1. The maximum Gasteiger partial charge on any atom is 0.410 e. The lowest BCUT2D eigenvalue weighted by atomic mass is 9.95. The first-order valence-electron chi connectivity index (χ1n) is 10.5. The quantitative estimate of drug-likeness (QED) is 0.750. The highest BCUT2D eigenvalue weighted by Gasteiger charge is 2.41. The summed E-state index contributed by atoms with van der Waals surface area (Å²) in [6.07, 6.45) is 2.67. The van der Waals surface area contributed by atoms with Crippen LogP contribution >= 0.6 is 12.2 Å². The largest absolute Gasteiger partial charge is 0.486 e. The van der Waals surface area contributed by atoms with Crippen LogP contribution in [0.2, 0.25) is 0 Å². The van der Waals surface area contributed by atoms with E-state index in [1.165, 1.54) is 0 Å². The van der Waals surface area contributed by atoms with Gasteiger partial charge in [-0.2, -0.15) is 0 Å². The van der Waals surface area contributed by atoms with Crippen molar-refractivity contribution in [1.82, 2.24) is 9.80 Å². The SMILES string of the molecule is CC[C@H](C)[C@H]1COC(=O)N1C1CCN(C(=S)Nc2ccc3c(c2)OCCO3)CC1. The number of ether oxygens (including phenoxy) is 3. The summed E-state index contributed by atoms with van der Waals surface area (Å²) in [7, 11) is 0. The Morgan fingerprint density at radius 3 is 2.66 bits per heavy atom. The number of anilines is 1. The number of carbonyl (C=O) groups excluding carboxylic acids is 1. The molecule has 2 saturated heterocycles.